The van der Waals surface area contributed by atoms with Crippen molar-refractivity contribution in [2.45, 2.75) is 44.3 Å². The molecule has 28 heavy (non-hydrogen) atoms. The van der Waals surface area contributed by atoms with Crippen molar-refractivity contribution in [1.82, 2.24) is 10.2 Å². The number of rotatable bonds is 8. The van der Waals surface area contributed by atoms with Crippen LogP contribution < -0.4 is 15.8 Å². The Morgan fingerprint density at radius 1 is 1.29 bits per heavy atom. The summed E-state index contributed by atoms with van der Waals surface area (Å²) in [5.41, 5.74) is 7.19. The number of methoxy groups -OCH3 is 1. The van der Waals surface area contributed by atoms with E-state index in [1.807, 2.05) is 13.1 Å². The van der Waals surface area contributed by atoms with Crippen LogP contribution in [0.25, 0.3) is 0 Å². The number of piperidine rings is 1. The van der Waals surface area contributed by atoms with Crippen molar-refractivity contribution in [2.24, 2.45) is 0 Å². The highest BCUT2D eigenvalue weighted by Gasteiger charge is 2.40. The molecule has 1 aromatic rings. The Labute approximate surface area is 166 Å². The number of likely N-dealkylation sites (tertiary alicyclic amines) is 1. The van der Waals surface area contributed by atoms with Crippen molar-refractivity contribution in [1.29, 1.82) is 10.8 Å². The molecule has 1 heterocycles. The monoisotopic (exact) mass is 385 g/mol. The van der Waals surface area contributed by atoms with E-state index in [-0.39, 0.29) is 17.0 Å². The fraction of sp³-hybridized carbons (Fsp3) is 0.524. The molecule has 1 aliphatic heterocycles. The summed E-state index contributed by atoms with van der Waals surface area (Å²) in [4.78, 5) is 2.19. The van der Waals surface area contributed by atoms with Crippen molar-refractivity contribution < 1.29 is 9.47 Å². The lowest BCUT2D eigenvalue weighted by Crippen LogP contribution is -2.40. The Morgan fingerprint density at radius 2 is 1.96 bits per heavy atom. The molecule has 5 N–H and O–H groups in total. The van der Waals surface area contributed by atoms with Gasteiger partial charge in [-0.3, -0.25) is 10.8 Å². The molecule has 1 saturated heterocycles. The fourth-order valence-electron chi connectivity index (χ4n) is 3.39. The zero-order valence-corrected chi connectivity index (χ0v) is 17.0. The lowest BCUT2D eigenvalue weighted by molar-refractivity contribution is 0.0488. The molecule has 3 rings (SSSR count). The average molecular weight is 386 g/mol. The van der Waals surface area contributed by atoms with Crippen LogP contribution >= 0.6 is 0 Å². The molecule has 1 aliphatic carbocycles. The minimum atomic E-state index is -0.101. The standard InChI is InChI=1S/C21H31N5O2/c1-21(8-9-21)28-15-4-5-17(22)16(12-15)20(24)18(23)13-19(25-2)26-10-6-14(27-3)7-11-26/h4-5,12-14,23-25H,6-11,22H2,1-3H3/b19-13+,23-18?,24-20?. The van der Waals surface area contributed by atoms with Crippen LogP contribution in [0.4, 0.5) is 5.69 Å². The lowest BCUT2D eigenvalue weighted by Gasteiger charge is -2.34. The van der Waals surface area contributed by atoms with Crippen LogP contribution in [0.2, 0.25) is 0 Å². The van der Waals surface area contributed by atoms with Gasteiger partial charge in [0.2, 0.25) is 0 Å². The summed E-state index contributed by atoms with van der Waals surface area (Å²) in [6, 6.07) is 5.34. The highest BCUT2D eigenvalue weighted by atomic mass is 16.5. The summed E-state index contributed by atoms with van der Waals surface area (Å²) in [7, 11) is 3.59. The van der Waals surface area contributed by atoms with Gasteiger partial charge in [0.1, 0.15) is 17.2 Å². The number of hydrogen-bond donors (Lipinski definition) is 4. The highest BCUT2D eigenvalue weighted by Crippen LogP contribution is 2.40. The molecule has 0 radical (unpaired) electrons. The van der Waals surface area contributed by atoms with Gasteiger partial charge in [0.05, 0.1) is 17.5 Å². The van der Waals surface area contributed by atoms with Gasteiger partial charge in [0.15, 0.2) is 0 Å². The summed E-state index contributed by atoms with van der Waals surface area (Å²) in [5, 5.41) is 20.1. The molecule has 7 nitrogen and oxygen atoms in total. The zero-order chi connectivity index (χ0) is 20.3. The first-order valence-corrected chi connectivity index (χ1v) is 9.79. The van der Waals surface area contributed by atoms with Gasteiger partial charge < -0.3 is 25.4 Å². The van der Waals surface area contributed by atoms with Gasteiger partial charge in [-0.25, -0.2) is 0 Å². The molecule has 0 aromatic heterocycles. The van der Waals surface area contributed by atoms with E-state index in [0.29, 0.717) is 23.1 Å². The smallest absolute Gasteiger partial charge is 0.120 e. The number of nitrogen functional groups attached to an aromatic ring is 1. The molecule has 0 bridgehead atoms. The fourth-order valence-corrected chi connectivity index (χ4v) is 3.39. The second kappa shape index (κ2) is 8.22. The Hall–Kier alpha value is -2.54. The van der Waals surface area contributed by atoms with E-state index < -0.39 is 0 Å². The van der Waals surface area contributed by atoms with Gasteiger partial charge in [-0.1, -0.05) is 0 Å². The summed E-state index contributed by atoms with van der Waals surface area (Å²) in [6.45, 7) is 3.79. The van der Waals surface area contributed by atoms with Gasteiger partial charge in [-0.05, 0) is 50.8 Å². The van der Waals surface area contributed by atoms with Gasteiger partial charge in [0.25, 0.3) is 0 Å². The Bertz CT molecular complexity index is 777. The maximum Gasteiger partial charge on any atom is 0.120 e. The van der Waals surface area contributed by atoms with Crippen molar-refractivity contribution in [3.8, 4) is 5.75 Å². The van der Waals surface area contributed by atoms with E-state index >= 15 is 0 Å². The minimum absolute atomic E-state index is 0.0865. The molecule has 2 fully saturated rings. The quantitative estimate of drug-likeness (QED) is 0.407. The molecule has 7 heteroatoms. The molecule has 0 amide bonds. The van der Waals surface area contributed by atoms with Crippen molar-refractivity contribution in [2.75, 3.05) is 33.0 Å². The van der Waals surface area contributed by atoms with E-state index in [1.165, 1.54) is 0 Å². The molecule has 0 unspecified atom stereocenters. The maximum atomic E-state index is 8.49. The SMILES string of the molecule is CN/C(=C\C(=N)C(=N)c1cc(OC2(C)CC2)ccc1N)N1CCC(OC)CC1. The molecular formula is C21H31N5O2. The summed E-state index contributed by atoms with van der Waals surface area (Å²) in [6.07, 6.45) is 5.96. The number of nitrogens with zero attached hydrogens (tertiary/aromatic N) is 1. The first-order valence-electron chi connectivity index (χ1n) is 9.79. The van der Waals surface area contributed by atoms with E-state index in [1.54, 1.807) is 25.3 Å². The third-order valence-electron chi connectivity index (χ3n) is 5.54. The Balaban J connectivity index is 1.73. The Kier molecular flexibility index (Phi) is 5.93. The Morgan fingerprint density at radius 3 is 2.54 bits per heavy atom. The third kappa shape index (κ3) is 4.65. The van der Waals surface area contributed by atoms with Crippen LogP contribution in [-0.4, -0.2) is 55.3 Å². The van der Waals surface area contributed by atoms with Gasteiger partial charge in [-0.15, -0.1) is 0 Å². The predicted octanol–water partition coefficient (Wildman–Crippen LogP) is 2.76. The van der Waals surface area contributed by atoms with Crippen molar-refractivity contribution in [3.63, 3.8) is 0 Å². The second-order valence-electron chi connectivity index (χ2n) is 7.79. The molecular weight excluding hydrogens is 354 g/mol. The van der Waals surface area contributed by atoms with Crippen LogP contribution in [0.1, 0.15) is 38.2 Å². The van der Waals surface area contributed by atoms with Crippen LogP contribution in [0.5, 0.6) is 5.75 Å². The van der Waals surface area contributed by atoms with Crippen LogP contribution in [0, 0.1) is 10.8 Å². The summed E-state index contributed by atoms with van der Waals surface area (Å²) >= 11 is 0. The first kappa shape index (κ1) is 20.2. The number of allylic oxidation sites excluding steroid dienone is 1. The number of hydrogen-bond acceptors (Lipinski definition) is 7. The van der Waals surface area contributed by atoms with E-state index in [2.05, 4.69) is 17.1 Å². The summed E-state index contributed by atoms with van der Waals surface area (Å²) in [5.74, 6) is 1.53. The molecule has 2 aliphatic rings. The normalized spacial score (nSPS) is 19.2. The van der Waals surface area contributed by atoms with Crippen LogP contribution in [-0.2, 0) is 4.74 Å². The number of ether oxygens (including phenoxy) is 2. The molecule has 0 spiro atoms. The lowest BCUT2D eigenvalue weighted by atomic mass is 10.0. The highest BCUT2D eigenvalue weighted by molar-refractivity contribution is 6.50. The second-order valence-corrected chi connectivity index (χ2v) is 7.79. The first-order chi connectivity index (χ1) is 13.3. The average Bonchev–Trinajstić information content (AvgIpc) is 3.43. The topological polar surface area (TPSA) is 107 Å². The molecule has 1 aromatic carbocycles. The summed E-state index contributed by atoms with van der Waals surface area (Å²) < 4.78 is 11.4. The largest absolute Gasteiger partial charge is 0.488 e. The van der Waals surface area contributed by atoms with Crippen molar-refractivity contribution in [3.05, 3.63) is 35.7 Å². The number of nitrogens with one attached hydrogen (secondary N) is 3. The van der Waals surface area contributed by atoms with Crippen LogP contribution in [0.3, 0.4) is 0 Å². The molecule has 0 atom stereocenters. The third-order valence-corrected chi connectivity index (χ3v) is 5.54. The minimum Gasteiger partial charge on any atom is -0.488 e. The van der Waals surface area contributed by atoms with E-state index in [0.717, 1.165) is 44.6 Å². The number of anilines is 1. The van der Waals surface area contributed by atoms with Crippen LogP contribution in [0.15, 0.2) is 30.1 Å². The zero-order valence-electron chi connectivity index (χ0n) is 17.0. The number of benzene rings is 1. The van der Waals surface area contributed by atoms with Crippen molar-refractivity contribution >= 4 is 17.1 Å². The number of nitrogens with two attached hydrogens (primary N) is 1. The van der Waals surface area contributed by atoms with E-state index in [4.69, 9.17) is 26.0 Å². The maximum absolute atomic E-state index is 8.49. The van der Waals surface area contributed by atoms with Gasteiger partial charge in [0, 0.05) is 44.6 Å². The van der Waals surface area contributed by atoms with Gasteiger partial charge in [-0.2, -0.15) is 0 Å². The molecule has 1 saturated carbocycles. The predicted molar refractivity (Wildman–Crippen MR) is 112 cm³/mol. The molecule has 152 valence electrons. The van der Waals surface area contributed by atoms with E-state index in [9.17, 15) is 0 Å². The van der Waals surface area contributed by atoms with Gasteiger partial charge >= 0.3 is 0 Å².